The first-order valence-electron chi connectivity index (χ1n) is 4.40. The summed E-state index contributed by atoms with van der Waals surface area (Å²) in [6.45, 7) is 1.70. The van der Waals surface area contributed by atoms with E-state index in [0.29, 0.717) is 11.4 Å². The maximum absolute atomic E-state index is 12.8. The summed E-state index contributed by atoms with van der Waals surface area (Å²) in [5.41, 5.74) is 1.18. The maximum atomic E-state index is 12.8. The molecule has 0 saturated heterocycles. The van der Waals surface area contributed by atoms with Gasteiger partial charge in [-0.2, -0.15) is 0 Å². The molecule has 0 unspecified atom stereocenters. The standard InChI is InChI=1S/C11H12FNO2/c1-8(6-11(14)15-2)13-10-5-3-4-9(12)7-10/h3-7,13H,1-2H3/b8-6+. The summed E-state index contributed by atoms with van der Waals surface area (Å²) in [5, 5.41) is 2.87. The van der Waals surface area contributed by atoms with Gasteiger partial charge in [-0.05, 0) is 25.1 Å². The number of ether oxygens (including phenoxy) is 1. The van der Waals surface area contributed by atoms with E-state index in [4.69, 9.17) is 0 Å². The molecule has 80 valence electrons. The Labute approximate surface area is 87.6 Å². The Kier molecular flexibility index (Phi) is 3.85. The van der Waals surface area contributed by atoms with Crippen LogP contribution in [-0.4, -0.2) is 13.1 Å². The summed E-state index contributed by atoms with van der Waals surface area (Å²) in [5.74, 6) is -0.776. The minimum absolute atomic E-state index is 0.328. The average molecular weight is 209 g/mol. The van der Waals surface area contributed by atoms with Crippen LogP contribution in [0.1, 0.15) is 6.92 Å². The van der Waals surface area contributed by atoms with E-state index in [9.17, 15) is 9.18 Å². The quantitative estimate of drug-likeness (QED) is 0.613. The molecule has 0 saturated carbocycles. The number of hydrogen-bond acceptors (Lipinski definition) is 3. The molecule has 0 radical (unpaired) electrons. The molecule has 0 amide bonds. The number of anilines is 1. The molecule has 0 atom stereocenters. The molecule has 0 spiro atoms. The summed E-state index contributed by atoms with van der Waals surface area (Å²) >= 11 is 0. The smallest absolute Gasteiger partial charge is 0.332 e. The highest BCUT2D eigenvalue weighted by Crippen LogP contribution is 2.11. The third-order valence-electron chi connectivity index (χ3n) is 1.70. The molecule has 0 aliphatic carbocycles. The lowest BCUT2D eigenvalue weighted by atomic mass is 10.3. The third-order valence-corrected chi connectivity index (χ3v) is 1.70. The van der Waals surface area contributed by atoms with E-state index < -0.39 is 5.97 Å². The zero-order valence-corrected chi connectivity index (χ0v) is 8.58. The zero-order chi connectivity index (χ0) is 11.3. The van der Waals surface area contributed by atoms with Crippen LogP contribution in [0.5, 0.6) is 0 Å². The van der Waals surface area contributed by atoms with Crippen LogP contribution < -0.4 is 5.32 Å². The van der Waals surface area contributed by atoms with Crippen molar-refractivity contribution in [3.8, 4) is 0 Å². The van der Waals surface area contributed by atoms with Gasteiger partial charge in [-0.1, -0.05) is 6.07 Å². The van der Waals surface area contributed by atoms with Crippen LogP contribution in [0.15, 0.2) is 36.0 Å². The molecule has 0 aliphatic heterocycles. The largest absolute Gasteiger partial charge is 0.466 e. The van der Waals surface area contributed by atoms with Crippen molar-refractivity contribution < 1.29 is 13.9 Å². The van der Waals surface area contributed by atoms with Crippen LogP contribution >= 0.6 is 0 Å². The molecule has 1 N–H and O–H groups in total. The van der Waals surface area contributed by atoms with E-state index >= 15 is 0 Å². The van der Waals surface area contributed by atoms with Gasteiger partial charge in [-0.25, -0.2) is 9.18 Å². The first-order chi connectivity index (χ1) is 7.11. The minimum Gasteiger partial charge on any atom is -0.466 e. The highest BCUT2D eigenvalue weighted by Gasteiger charge is 1.98. The molecule has 3 nitrogen and oxygen atoms in total. The van der Waals surface area contributed by atoms with Crippen molar-refractivity contribution in [2.45, 2.75) is 6.92 Å². The number of esters is 1. The van der Waals surface area contributed by atoms with Crippen molar-refractivity contribution in [2.75, 3.05) is 12.4 Å². The summed E-state index contributed by atoms with van der Waals surface area (Å²) in [7, 11) is 1.30. The number of allylic oxidation sites excluding steroid dienone is 1. The molecule has 15 heavy (non-hydrogen) atoms. The van der Waals surface area contributed by atoms with Crippen LogP contribution in [0.3, 0.4) is 0 Å². The van der Waals surface area contributed by atoms with Gasteiger partial charge < -0.3 is 10.1 Å². The Morgan fingerprint density at radius 3 is 2.87 bits per heavy atom. The topological polar surface area (TPSA) is 38.3 Å². The van der Waals surface area contributed by atoms with E-state index in [2.05, 4.69) is 10.1 Å². The number of rotatable bonds is 3. The van der Waals surface area contributed by atoms with E-state index in [1.165, 1.54) is 25.3 Å². The van der Waals surface area contributed by atoms with Crippen LogP contribution in [-0.2, 0) is 9.53 Å². The van der Waals surface area contributed by atoms with E-state index in [1.54, 1.807) is 19.1 Å². The fraction of sp³-hybridized carbons (Fsp3) is 0.182. The lowest BCUT2D eigenvalue weighted by Gasteiger charge is -2.05. The fourth-order valence-corrected chi connectivity index (χ4v) is 1.07. The second-order valence-electron chi connectivity index (χ2n) is 2.99. The van der Waals surface area contributed by atoms with Gasteiger partial charge in [0.1, 0.15) is 5.82 Å². The summed E-state index contributed by atoms with van der Waals surface area (Å²) in [4.78, 5) is 10.9. The van der Waals surface area contributed by atoms with Gasteiger partial charge in [0.15, 0.2) is 0 Å². The van der Waals surface area contributed by atoms with Gasteiger partial charge in [-0.15, -0.1) is 0 Å². The first kappa shape index (κ1) is 11.2. The molecule has 0 heterocycles. The number of benzene rings is 1. The Morgan fingerprint density at radius 1 is 1.53 bits per heavy atom. The van der Waals surface area contributed by atoms with Crippen molar-refractivity contribution in [2.24, 2.45) is 0 Å². The zero-order valence-electron chi connectivity index (χ0n) is 8.58. The molecule has 1 rings (SSSR count). The lowest BCUT2D eigenvalue weighted by molar-refractivity contribution is -0.134. The summed E-state index contributed by atoms with van der Waals surface area (Å²) in [6.07, 6.45) is 1.30. The molecule has 1 aromatic carbocycles. The predicted octanol–water partition coefficient (Wildman–Crippen LogP) is 2.31. The van der Waals surface area contributed by atoms with Gasteiger partial charge in [0.25, 0.3) is 0 Å². The highest BCUT2D eigenvalue weighted by molar-refractivity contribution is 5.83. The predicted molar refractivity (Wildman–Crippen MR) is 55.8 cm³/mol. The maximum Gasteiger partial charge on any atom is 0.332 e. The molecule has 1 aromatic rings. The number of carbonyl (C=O) groups is 1. The van der Waals surface area contributed by atoms with Crippen LogP contribution in [0.25, 0.3) is 0 Å². The number of nitrogens with one attached hydrogen (secondary N) is 1. The van der Waals surface area contributed by atoms with Gasteiger partial charge >= 0.3 is 5.97 Å². The van der Waals surface area contributed by atoms with E-state index in [1.807, 2.05) is 0 Å². The first-order valence-corrected chi connectivity index (χ1v) is 4.40. The van der Waals surface area contributed by atoms with Gasteiger partial charge in [-0.3, -0.25) is 0 Å². The van der Waals surface area contributed by atoms with E-state index in [0.717, 1.165) is 0 Å². The molecule has 0 bridgehead atoms. The van der Waals surface area contributed by atoms with Crippen LogP contribution in [0, 0.1) is 5.82 Å². The van der Waals surface area contributed by atoms with E-state index in [-0.39, 0.29) is 5.82 Å². The molecular formula is C11H12FNO2. The Bertz CT molecular complexity index is 388. The third kappa shape index (κ3) is 3.81. The average Bonchev–Trinajstić information content (AvgIpc) is 2.17. The molecule has 0 fully saturated rings. The SMILES string of the molecule is COC(=O)/C=C(\C)Nc1cccc(F)c1. The van der Waals surface area contributed by atoms with Gasteiger partial charge in [0, 0.05) is 17.5 Å². The van der Waals surface area contributed by atoms with Crippen LogP contribution in [0.2, 0.25) is 0 Å². The summed E-state index contributed by atoms with van der Waals surface area (Å²) < 4.78 is 17.2. The second kappa shape index (κ2) is 5.14. The van der Waals surface area contributed by atoms with Crippen molar-refractivity contribution >= 4 is 11.7 Å². The summed E-state index contributed by atoms with van der Waals surface area (Å²) in [6, 6.07) is 5.99. The van der Waals surface area contributed by atoms with Crippen molar-refractivity contribution in [3.63, 3.8) is 0 Å². The molecule has 0 aliphatic rings. The Hall–Kier alpha value is -1.84. The number of carbonyl (C=O) groups excluding carboxylic acids is 1. The Morgan fingerprint density at radius 2 is 2.27 bits per heavy atom. The minimum atomic E-state index is -0.448. The normalized spacial score (nSPS) is 11.0. The molecule has 0 aromatic heterocycles. The van der Waals surface area contributed by atoms with Gasteiger partial charge in [0.05, 0.1) is 7.11 Å². The van der Waals surface area contributed by atoms with Crippen LogP contribution in [0.4, 0.5) is 10.1 Å². The highest BCUT2D eigenvalue weighted by atomic mass is 19.1. The number of methoxy groups -OCH3 is 1. The number of halogens is 1. The Balaban J connectivity index is 2.70. The molecule has 4 heteroatoms. The second-order valence-corrected chi connectivity index (χ2v) is 2.99. The lowest BCUT2D eigenvalue weighted by Crippen LogP contribution is -2.02. The van der Waals surface area contributed by atoms with Crippen molar-refractivity contribution in [3.05, 3.63) is 41.9 Å². The van der Waals surface area contributed by atoms with Crippen molar-refractivity contribution in [1.82, 2.24) is 0 Å². The fourth-order valence-electron chi connectivity index (χ4n) is 1.07. The monoisotopic (exact) mass is 209 g/mol. The molecular weight excluding hydrogens is 197 g/mol. The number of hydrogen-bond donors (Lipinski definition) is 1. The van der Waals surface area contributed by atoms with Crippen molar-refractivity contribution in [1.29, 1.82) is 0 Å². The van der Waals surface area contributed by atoms with Gasteiger partial charge in [0.2, 0.25) is 0 Å².